The van der Waals surface area contributed by atoms with Crippen LogP contribution >= 0.6 is 11.6 Å². The van der Waals surface area contributed by atoms with E-state index in [0.29, 0.717) is 13.0 Å². The number of amides is 1. The van der Waals surface area contributed by atoms with Crippen LogP contribution in [0.25, 0.3) is 0 Å². The minimum Gasteiger partial charge on any atom is -0.465 e. The molecule has 90 valence electrons. The molecule has 0 atom stereocenters. The zero-order valence-corrected chi connectivity index (χ0v) is 10.0. The van der Waals surface area contributed by atoms with Crippen molar-refractivity contribution in [1.82, 2.24) is 4.98 Å². The maximum Gasteiger partial charge on any atom is 0.341 e. The van der Waals surface area contributed by atoms with Crippen molar-refractivity contribution < 1.29 is 14.3 Å². The molecule has 0 aromatic carbocycles. The second-order valence-corrected chi connectivity index (χ2v) is 4.03. The molecule has 5 nitrogen and oxygen atoms in total. The van der Waals surface area contributed by atoms with Gasteiger partial charge in [0.2, 0.25) is 5.91 Å². The third kappa shape index (κ3) is 2.24. The maximum atomic E-state index is 11.6. The van der Waals surface area contributed by atoms with Gasteiger partial charge in [-0.2, -0.15) is 0 Å². The SMILES string of the molecule is COC(=O)c1ccc(Cl)nc1N1CCCC1=O. The minimum atomic E-state index is -0.524. The molecule has 1 aliphatic rings. The van der Waals surface area contributed by atoms with Crippen molar-refractivity contribution in [1.29, 1.82) is 0 Å². The zero-order chi connectivity index (χ0) is 12.4. The molecule has 1 aromatic rings. The summed E-state index contributed by atoms with van der Waals surface area (Å²) in [7, 11) is 1.28. The predicted molar refractivity (Wildman–Crippen MR) is 62.2 cm³/mol. The Bertz CT molecular complexity index is 476. The number of carbonyl (C=O) groups is 2. The molecule has 0 spiro atoms. The van der Waals surface area contributed by atoms with Crippen molar-refractivity contribution in [2.75, 3.05) is 18.6 Å². The van der Waals surface area contributed by atoms with Crippen LogP contribution in [0.15, 0.2) is 12.1 Å². The van der Waals surface area contributed by atoms with Gasteiger partial charge in [0.1, 0.15) is 10.7 Å². The fraction of sp³-hybridized carbons (Fsp3) is 0.364. The Labute approximate surface area is 103 Å². The number of esters is 1. The molecule has 0 N–H and O–H groups in total. The molecule has 1 aromatic heterocycles. The molecule has 2 heterocycles. The smallest absolute Gasteiger partial charge is 0.341 e. The lowest BCUT2D eigenvalue weighted by Crippen LogP contribution is -2.27. The third-order valence-electron chi connectivity index (χ3n) is 2.58. The Hall–Kier alpha value is -1.62. The Kier molecular flexibility index (Phi) is 3.28. The van der Waals surface area contributed by atoms with Crippen LogP contribution in [-0.2, 0) is 9.53 Å². The fourth-order valence-corrected chi connectivity index (χ4v) is 1.92. The number of carbonyl (C=O) groups excluding carboxylic acids is 2. The van der Waals surface area contributed by atoms with Gasteiger partial charge in [-0.05, 0) is 18.6 Å². The van der Waals surface area contributed by atoms with Gasteiger partial charge in [-0.1, -0.05) is 11.6 Å². The van der Waals surface area contributed by atoms with Crippen LogP contribution in [0.5, 0.6) is 0 Å². The van der Waals surface area contributed by atoms with Crippen LogP contribution < -0.4 is 4.90 Å². The number of rotatable bonds is 2. The number of hydrogen-bond acceptors (Lipinski definition) is 4. The van der Waals surface area contributed by atoms with E-state index in [1.165, 1.54) is 24.1 Å². The average molecular weight is 255 g/mol. The largest absolute Gasteiger partial charge is 0.465 e. The van der Waals surface area contributed by atoms with Gasteiger partial charge in [0.15, 0.2) is 5.82 Å². The molecule has 17 heavy (non-hydrogen) atoms. The number of ether oxygens (including phenoxy) is 1. The van der Waals surface area contributed by atoms with E-state index in [1.54, 1.807) is 0 Å². The van der Waals surface area contributed by atoms with Crippen LogP contribution in [0.1, 0.15) is 23.2 Å². The van der Waals surface area contributed by atoms with Gasteiger partial charge in [-0.15, -0.1) is 0 Å². The number of nitrogens with zero attached hydrogens (tertiary/aromatic N) is 2. The fourth-order valence-electron chi connectivity index (χ4n) is 1.77. The molecule has 1 fully saturated rings. The predicted octanol–water partition coefficient (Wildman–Crippen LogP) is 1.65. The molecule has 1 amide bonds. The van der Waals surface area contributed by atoms with Gasteiger partial charge < -0.3 is 4.74 Å². The summed E-state index contributed by atoms with van der Waals surface area (Å²) in [5, 5.41) is 0.243. The van der Waals surface area contributed by atoms with Crippen molar-refractivity contribution in [3.8, 4) is 0 Å². The number of pyridine rings is 1. The lowest BCUT2D eigenvalue weighted by Gasteiger charge is -2.17. The number of anilines is 1. The standard InChI is InChI=1S/C11H11ClN2O3/c1-17-11(16)7-4-5-8(12)13-10(7)14-6-2-3-9(14)15/h4-5H,2-3,6H2,1H3. The number of hydrogen-bond donors (Lipinski definition) is 0. The van der Waals surface area contributed by atoms with Crippen molar-refractivity contribution in [2.45, 2.75) is 12.8 Å². The Morgan fingerprint density at radius 2 is 2.29 bits per heavy atom. The minimum absolute atomic E-state index is 0.0510. The lowest BCUT2D eigenvalue weighted by molar-refractivity contribution is -0.117. The summed E-state index contributed by atoms with van der Waals surface area (Å²) < 4.78 is 4.65. The van der Waals surface area contributed by atoms with Crippen LogP contribution in [0.4, 0.5) is 5.82 Å². The quantitative estimate of drug-likeness (QED) is 0.595. The summed E-state index contributed by atoms with van der Waals surface area (Å²) in [5.41, 5.74) is 0.257. The Balaban J connectivity index is 2.46. The first kappa shape index (κ1) is 11.9. The summed E-state index contributed by atoms with van der Waals surface area (Å²) in [6.45, 7) is 0.552. The molecule has 1 saturated heterocycles. The summed E-state index contributed by atoms with van der Waals surface area (Å²) in [4.78, 5) is 28.7. The second-order valence-electron chi connectivity index (χ2n) is 3.65. The van der Waals surface area contributed by atoms with Gasteiger partial charge in [0.05, 0.1) is 7.11 Å². The van der Waals surface area contributed by atoms with Crippen LogP contribution in [-0.4, -0.2) is 30.5 Å². The van der Waals surface area contributed by atoms with Crippen molar-refractivity contribution in [3.63, 3.8) is 0 Å². The molecule has 0 radical (unpaired) electrons. The number of halogens is 1. The second kappa shape index (κ2) is 4.71. The van der Waals surface area contributed by atoms with E-state index in [-0.39, 0.29) is 22.4 Å². The van der Waals surface area contributed by atoms with E-state index in [1.807, 2.05) is 0 Å². The first-order chi connectivity index (χ1) is 8.13. The topological polar surface area (TPSA) is 59.5 Å². The first-order valence-corrected chi connectivity index (χ1v) is 5.56. The van der Waals surface area contributed by atoms with Crippen LogP contribution in [0.2, 0.25) is 5.15 Å². The van der Waals surface area contributed by atoms with Crippen molar-refractivity contribution in [3.05, 3.63) is 22.8 Å². The van der Waals surface area contributed by atoms with E-state index in [9.17, 15) is 9.59 Å². The molecule has 2 rings (SSSR count). The van der Waals surface area contributed by atoms with Gasteiger partial charge in [0, 0.05) is 13.0 Å². The summed E-state index contributed by atoms with van der Waals surface area (Å²) in [6.07, 6.45) is 1.22. The highest BCUT2D eigenvalue weighted by atomic mass is 35.5. The summed E-state index contributed by atoms with van der Waals surface area (Å²) >= 11 is 5.79. The molecule has 6 heteroatoms. The highest BCUT2D eigenvalue weighted by molar-refractivity contribution is 6.29. The van der Waals surface area contributed by atoms with E-state index >= 15 is 0 Å². The summed E-state index contributed by atoms with van der Waals surface area (Å²) in [6, 6.07) is 3.01. The van der Waals surface area contributed by atoms with Gasteiger partial charge >= 0.3 is 5.97 Å². The van der Waals surface area contributed by atoms with E-state index in [0.717, 1.165) is 6.42 Å². The molecule has 0 bridgehead atoms. The molecule has 0 unspecified atom stereocenters. The normalized spacial score (nSPS) is 15.2. The van der Waals surface area contributed by atoms with Gasteiger partial charge in [-0.3, -0.25) is 9.69 Å². The summed E-state index contributed by atoms with van der Waals surface area (Å²) in [5.74, 6) is -0.291. The van der Waals surface area contributed by atoms with E-state index in [2.05, 4.69) is 9.72 Å². The highest BCUT2D eigenvalue weighted by Crippen LogP contribution is 2.25. The van der Waals surface area contributed by atoms with Crippen LogP contribution in [0, 0.1) is 0 Å². The monoisotopic (exact) mass is 254 g/mol. The maximum absolute atomic E-state index is 11.6. The molecular weight excluding hydrogens is 244 g/mol. The van der Waals surface area contributed by atoms with Gasteiger partial charge in [-0.25, -0.2) is 9.78 Å². The average Bonchev–Trinajstić information content (AvgIpc) is 2.74. The van der Waals surface area contributed by atoms with Crippen molar-refractivity contribution >= 4 is 29.3 Å². The van der Waals surface area contributed by atoms with E-state index in [4.69, 9.17) is 11.6 Å². The Morgan fingerprint density at radius 3 is 2.88 bits per heavy atom. The molecular formula is C11H11ClN2O3. The van der Waals surface area contributed by atoms with Gasteiger partial charge in [0.25, 0.3) is 0 Å². The number of aromatic nitrogens is 1. The Morgan fingerprint density at radius 1 is 1.53 bits per heavy atom. The van der Waals surface area contributed by atoms with Crippen molar-refractivity contribution in [2.24, 2.45) is 0 Å². The first-order valence-electron chi connectivity index (χ1n) is 5.18. The molecule has 0 saturated carbocycles. The highest BCUT2D eigenvalue weighted by Gasteiger charge is 2.27. The lowest BCUT2D eigenvalue weighted by atomic mass is 10.2. The molecule has 0 aliphatic carbocycles. The molecule has 1 aliphatic heterocycles. The number of methoxy groups -OCH3 is 1. The van der Waals surface area contributed by atoms with Crippen LogP contribution in [0.3, 0.4) is 0 Å². The third-order valence-corrected chi connectivity index (χ3v) is 2.79. The van der Waals surface area contributed by atoms with E-state index < -0.39 is 5.97 Å². The zero-order valence-electron chi connectivity index (χ0n) is 9.27.